The monoisotopic (exact) mass is 329 g/mol. The Bertz CT molecular complexity index is 702. The van der Waals surface area contributed by atoms with Crippen molar-refractivity contribution in [3.05, 3.63) is 47.7 Å². The zero-order valence-electron chi connectivity index (χ0n) is 14.5. The van der Waals surface area contributed by atoms with Crippen LogP contribution in [-0.4, -0.2) is 50.1 Å². The van der Waals surface area contributed by atoms with E-state index in [1.807, 2.05) is 44.1 Å². The van der Waals surface area contributed by atoms with Gasteiger partial charge in [0.1, 0.15) is 17.9 Å². The molecule has 0 fully saturated rings. The van der Waals surface area contributed by atoms with Crippen LogP contribution in [0, 0.1) is 6.92 Å². The first-order chi connectivity index (χ1) is 11.5. The van der Waals surface area contributed by atoms with Gasteiger partial charge in [0.05, 0.1) is 12.8 Å². The number of hydrogen-bond donors (Lipinski definition) is 1. The van der Waals surface area contributed by atoms with Gasteiger partial charge in [-0.3, -0.25) is 4.79 Å². The van der Waals surface area contributed by atoms with Crippen LogP contribution in [0.25, 0.3) is 0 Å². The molecule has 1 heterocycles. The highest BCUT2D eigenvalue weighted by atomic mass is 16.5. The molecule has 0 radical (unpaired) electrons. The first kappa shape index (κ1) is 17.7. The maximum absolute atomic E-state index is 12.5. The van der Waals surface area contributed by atoms with Crippen LogP contribution >= 0.6 is 0 Å². The van der Waals surface area contributed by atoms with Gasteiger partial charge in [0.25, 0.3) is 5.91 Å². The van der Waals surface area contributed by atoms with Gasteiger partial charge in [-0.15, -0.1) is 0 Å². The fourth-order valence-corrected chi connectivity index (χ4v) is 2.11. The van der Waals surface area contributed by atoms with Crippen molar-refractivity contribution in [2.45, 2.75) is 6.92 Å². The Labute approximate surface area is 142 Å². The summed E-state index contributed by atoms with van der Waals surface area (Å²) >= 11 is 0. The van der Waals surface area contributed by atoms with Crippen molar-refractivity contribution in [3.8, 4) is 11.6 Å². The van der Waals surface area contributed by atoms with Crippen molar-refractivity contribution in [2.24, 2.45) is 0 Å². The molecule has 1 amide bonds. The summed E-state index contributed by atoms with van der Waals surface area (Å²) in [5.74, 6) is 0.645. The molecule has 0 unspecified atom stereocenters. The smallest absolute Gasteiger partial charge is 0.261 e. The number of likely N-dealkylation sites (N-methyl/N-ethyl adjacent to an activating group) is 1. The number of aryl methyl sites for hydroxylation is 1. The number of anilines is 1. The molecular formula is C18H23N3O3. The number of carbonyl (C=O) groups excluding carboxylic acids is 1. The number of pyridine rings is 1. The van der Waals surface area contributed by atoms with Crippen LogP contribution in [0.1, 0.15) is 15.9 Å². The minimum Gasteiger partial charge on any atom is -0.490 e. The van der Waals surface area contributed by atoms with Crippen LogP contribution < -0.4 is 14.8 Å². The van der Waals surface area contributed by atoms with Gasteiger partial charge >= 0.3 is 0 Å². The van der Waals surface area contributed by atoms with Crippen LogP contribution in [0.3, 0.4) is 0 Å². The first-order valence-corrected chi connectivity index (χ1v) is 7.70. The Kier molecular flexibility index (Phi) is 6.14. The lowest BCUT2D eigenvalue weighted by atomic mass is 10.2. The SMILES string of the molecule is COc1ncccc1C(=O)Nc1ccc(C)cc1OCCN(C)C. The molecule has 0 aliphatic rings. The van der Waals surface area contributed by atoms with E-state index in [1.54, 1.807) is 18.3 Å². The highest BCUT2D eigenvalue weighted by molar-refractivity contribution is 6.06. The molecule has 0 bridgehead atoms. The highest BCUT2D eigenvalue weighted by Gasteiger charge is 2.15. The number of nitrogens with one attached hydrogen (secondary N) is 1. The van der Waals surface area contributed by atoms with Crippen molar-refractivity contribution in [3.63, 3.8) is 0 Å². The van der Waals surface area contributed by atoms with Crippen molar-refractivity contribution in [1.82, 2.24) is 9.88 Å². The average Bonchev–Trinajstić information content (AvgIpc) is 2.56. The van der Waals surface area contributed by atoms with Crippen molar-refractivity contribution < 1.29 is 14.3 Å². The number of methoxy groups -OCH3 is 1. The number of hydrogen-bond acceptors (Lipinski definition) is 5. The Balaban J connectivity index is 2.17. The van der Waals surface area contributed by atoms with E-state index in [9.17, 15) is 4.79 Å². The fourth-order valence-electron chi connectivity index (χ4n) is 2.11. The Morgan fingerprint density at radius 3 is 2.79 bits per heavy atom. The van der Waals surface area contributed by atoms with Crippen molar-refractivity contribution >= 4 is 11.6 Å². The third-order valence-corrected chi connectivity index (χ3v) is 3.39. The summed E-state index contributed by atoms with van der Waals surface area (Å²) in [4.78, 5) is 18.6. The molecule has 6 heteroatoms. The lowest BCUT2D eigenvalue weighted by molar-refractivity contribution is 0.102. The highest BCUT2D eigenvalue weighted by Crippen LogP contribution is 2.27. The van der Waals surface area contributed by atoms with Crippen molar-refractivity contribution in [2.75, 3.05) is 39.7 Å². The summed E-state index contributed by atoms with van der Waals surface area (Å²) in [7, 11) is 5.45. The normalized spacial score (nSPS) is 10.5. The number of ether oxygens (including phenoxy) is 2. The van der Waals surface area contributed by atoms with Gasteiger partial charge in [0, 0.05) is 12.7 Å². The molecule has 128 valence electrons. The molecule has 2 rings (SSSR count). The molecule has 0 spiro atoms. The Hall–Kier alpha value is -2.60. The van der Waals surface area contributed by atoms with Crippen LogP contribution in [0.5, 0.6) is 11.6 Å². The molecule has 24 heavy (non-hydrogen) atoms. The fraction of sp³-hybridized carbons (Fsp3) is 0.333. The average molecular weight is 329 g/mol. The molecule has 1 aromatic heterocycles. The summed E-state index contributed by atoms with van der Waals surface area (Å²) in [6, 6.07) is 9.03. The Morgan fingerprint density at radius 2 is 2.08 bits per heavy atom. The summed E-state index contributed by atoms with van der Waals surface area (Å²) in [5, 5.41) is 2.87. The number of rotatable bonds is 7. The van der Waals surface area contributed by atoms with Gasteiger partial charge < -0.3 is 19.7 Å². The molecule has 0 saturated carbocycles. The standard InChI is InChI=1S/C18H23N3O3/c1-13-7-8-15(16(12-13)24-11-10-21(2)3)20-17(22)14-6-5-9-19-18(14)23-4/h5-9,12H,10-11H2,1-4H3,(H,20,22). The van der Waals surface area contributed by atoms with Gasteiger partial charge in [-0.1, -0.05) is 6.07 Å². The van der Waals surface area contributed by atoms with Crippen LogP contribution in [0.4, 0.5) is 5.69 Å². The number of benzene rings is 1. The van der Waals surface area contributed by atoms with Gasteiger partial charge in [0.15, 0.2) is 0 Å². The second kappa shape index (κ2) is 8.31. The van der Waals surface area contributed by atoms with E-state index in [4.69, 9.17) is 9.47 Å². The maximum Gasteiger partial charge on any atom is 0.261 e. The van der Waals surface area contributed by atoms with Gasteiger partial charge in [0.2, 0.25) is 5.88 Å². The molecule has 0 saturated heterocycles. The summed E-state index contributed by atoms with van der Waals surface area (Å²) in [6.07, 6.45) is 1.58. The second-order valence-electron chi connectivity index (χ2n) is 5.67. The first-order valence-electron chi connectivity index (χ1n) is 7.70. The molecule has 2 aromatic rings. The number of nitrogens with zero attached hydrogens (tertiary/aromatic N) is 2. The minimum absolute atomic E-state index is 0.289. The maximum atomic E-state index is 12.5. The van der Waals surface area contributed by atoms with E-state index >= 15 is 0 Å². The van der Waals surface area contributed by atoms with E-state index in [1.165, 1.54) is 7.11 Å². The largest absolute Gasteiger partial charge is 0.490 e. The van der Waals surface area contributed by atoms with E-state index in [2.05, 4.69) is 10.3 Å². The van der Waals surface area contributed by atoms with E-state index < -0.39 is 0 Å². The molecule has 6 nitrogen and oxygen atoms in total. The lowest BCUT2D eigenvalue weighted by Gasteiger charge is -2.15. The zero-order valence-corrected chi connectivity index (χ0v) is 14.5. The second-order valence-corrected chi connectivity index (χ2v) is 5.67. The predicted molar refractivity (Wildman–Crippen MR) is 94.0 cm³/mol. The minimum atomic E-state index is -0.290. The molecule has 1 aromatic carbocycles. The van der Waals surface area contributed by atoms with E-state index in [0.29, 0.717) is 23.6 Å². The van der Waals surface area contributed by atoms with Gasteiger partial charge in [-0.2, -0.15) is 0 Å². The quantitative estimate of drug-likeness (QED) is 0.846. The van der Waals surface area contributed by atoms with Crippen molar-refractivity contribution in [1.29, 1.82) is 0 Å². The topological polar surface area (TPSA) is 63.7 Å². The number of carbonyl (C=O) groups is 1. The Morgan fingerprint density at radius 1 is 1.29 bits per heavy atom. The molecule has 0 aliphatic carbocycles. The zero-order chi connectivity index (χ0) is 17.5. The third kappa shape index (κ3) is 4.70. The van der Waals surface area contributed by atoms with E-state index in [-0.39, 0.29) is 11.8 Å². The molecule has 1 N–H and O–H groups in total. The number of aromatic nitrogens is 1. The van der Waals surface area contributed by atoms with Crippen LogP contribution in [0.15, 0.2) is 36.5 Å². The van der Waals surface area contributed by atoms with Crippen LogP contribution in [-0.2, 0) is 0 Å². The molecule has 0 atom stereocenters. The molecule has 0 aliphatic heterocycles. The summed E-state index contributed by atoms with van der Waals surface area (Å²) in [5.41, 5.74) is 2.06. The van der Waals surface area contributed by atoms with Gasteiger partial charge in [-0.05, 0) is 50.8 Å². The number of amides is 1. The third-order valence-electron chi connectivity index (χ3n) is 3.39. The predicted octanol–water partition coefficient (Wildman–Crippen LogP) is 2.59. The van der Waals surface area contributed by atoms with E-state index in [0.717, 1.165) is 12.1 Å². The summed E-state index contributed by atoms with van der Waals surface area (Å²) in [6.45, 7) is 3.31. The van der Waals surface area contributed by atoms with Gasteiger partial charge in [-0.25, -0.2) is 4.98 Å². The summed E-state index contributed by atoms with van der Waals surface area (Å²) < 4.78 is 11.0. The molecular weight excluding hydrogens is 306 g/mol. The van der Waals surface area contributed by atoms with Crippen LogP contribution in [0.2, 0.25) is 0 Å². The lowest BCUT2D eigenvalue weighted by Crippen LogP contribution is -2.20.